The van der Waals surface area contributed by atoms with Crippen molar-refractivity contribution in [1.29, 1.82) is 0 Å². The van der Waals surface area contributed by atoms with Gasteiger partial charge in [0.05, 0.1) is 0 Å². The summed E-state index contributed by atoms with van der Waals surface area (Å²) >= 11 is 0. The molecule has 4 N–H and O–H groups in total. The molecule has 10 nitrogen and oxygen atoms in total. The molecule has 0 bridgehead atoms. The lowest BCUT2D eigenvalue weighted by Crippen LogP contribution is -2.53. The zero-order valence-corrected chi connectivity index (χ0v) is 21.5. The number of nitrogens with zero attached hydrogens (tertiary/aromatic N) is 2. The Hall–Kier alpha value is -2.99. The van der Waals surface area contributed by atoms with Gasteiger partial charge < -0.3 is 21.1 Å². The summed E-state index contributed by atoms with van der Waals surface area (Å²) in [4.78, 5) is 25.9. The van der Waals surface area contributed by atoms with Crippen LogP contribution in [0.2, 0.25) is 0 Å². The first-order chi connectivity index (χ1) is 17.2. The average Bonchev–Trinajstić information content (AvgIpc) is 2.90. The van der Waals surface area contributed by atoms with Crippen LogP contribution in [0.5, 0.6) is 0 Å². The van der Waals surface area contributed by atoms with Crippen molar-refractivity contribution >= 4 is 27.9 Å². The number of carbonyl (C=O) groups excluding carboxylic acids is 2. The number of ether oxygens (including phenoxy) is 1. The summed E-state index contributed by atoms with van der Waals surface area (Å²) in [7, 11) is -2.02. The Morgan fingerprint density at radius 1 is 1.11 bits per heavy atom. The molecule has 196 valence electrons. The van der Waals surface area contributed by atoms with Gasteiger partial charge in [-0.1, -0.05) is 49.4 Å². The van der Waals surface area contributed by atoms with Gasteiger partial charge >= 0.3 is 6.09 Å². The highest BCUT2D eigenvalue weighted by Gasteiger charge is 2.37. The number of carbonyl (C=O) groups is 2. The van der Waals surface area contributed by atoms with E-state index in [2.05, 4.69) is 10.6 Å². The Bertz CT molecular complexity index is 1120. The maximum atomic E-state index is 13.3. The third-order valence-electron chi connectivity index (χ3n) is 6.33. The average molecular weight is 518 g/mol. The van der Waals surface area contributed by atoms with E-state index in [1.54, 1.807) is 25.1 Å². The van der Waals surface area contributed by atoms with Crippen LogP contribution in [0.15, 0.2) is 54.6 Å². The molecule has 0 aliphatic carbocycles. The van der Waals surface area contributed by atoms with Crippen LogP contribution in [0.1, 0.15) is 30.9 Å². The lowest BCUT2D eigenvalue weighted by molar-refractivity contribution is -0.119. The van der Waals surface area contributed by atoms with Crippen molar-refractivity contribution in [1.82, 2.24) is 13.9 Å². The number of benzene rings is 2. The number of nitrogens with two attached hydrogens (primary N) is 1. The fraction of sp³-hybridized carbons (Fsp3) is 0.440. The molecule has 0 unspecified atom stereocenters. The van der Waals surface area contributed by atoms with Crippen LogP contribution in [-0.4, -0.2) is 61.8 Å². The standard InChI is InChI=1S/C25H35N5O5S/c1-3-29(2)36(33,34)30-14-12-21(13-15-30)23(24(31)27-22-11-7-10-20(16-22)17-26)28-25(32)35-18-19-8-5-4-6-9-19/h4-11,16,21,23H,3,12-15,17-18,26H2,1-2H3,(H,27,31)(H,28,32)/t23-/m0/s1. The van der Waals surface area contributed by atoms with E-state index in [1.165, 1.54) is 15.7 Å². The maximum Gasteiger partial charge on any atom is 0.408 e. The molecule has 11 heteroatoms. The van der Waals surface area contributed by atoms with E-state index in [0.29, 0.717) is 31.6 Å². The first-order valence-electron chi connectivity index (χ1n) is 12.0. The SMILES string of the molecule is CCN(C)S(=O)(=O)N1CCC([C@H](NC(=O)OCc2ccccc2)C(=O)Nc2cccc(CN)c2)CC1. The Morgan fingerprint density at radius 2 is 1.78 bits per heavy atom. The first kappa shape index (κ1) is 27.6. The smallest absolute Gasteiger partial charge is 0.408 e. The second kappa shape index (κ2) is 12.8. The quantitative estimate of drug-likeness (QED) is 0.443. The molecular formula is C25H35N5O5S. The number of hydrogen-bond acceptors (Lipinski definition) is 6. The summed E-state index contributed by atoms with van der Waals surface area (Å²) in [6.07, 6.45) is 0.114. The van der Waals surface area contributed by atoms with Gasteiger partial charge in [0, 0.05) is 38.9 Å². The second-order valence-electron chi connectivity index (χ2n) is 8.74. The van der Waals surface area contributed by atoms with Crippen molar-refractivity contribution < 1.29 is 22.7 Å². The highest BCUT2D eigenvalue weighted by atomic mass is 32.2. The first-order valence-corrected chi connectivity index (χ1v) is 13.4. The Balaban J connectivity index is 1.71. The highest BCUT2D eigenvalue weighted by molar-refractivity contribution is 7.86. The highest BCUT2D eigenvalue weighted by Crippen LogP contribution is 2.25. The van der Waals surface area contributed by atoms with Crippen LogP contribution >= 0.6 is 0 Å². The molecule has 2 aromatic rings. The van der Waals surface area contributed by atoms with E-state index in [-0.39, 0.29) is 25.6 Å². The number of amides is 2. The van der Waals surface area contributed by atoms with E-state index in [9.17, 15) is 18.0 Å². The molecule has 1 atom stereocenters. The predicted molar refractivity (Wildman–Crippen MR) is 138 cm³/mol. The van der Waals surface area contributed by atoms with Gasteiger partial charge in [-0.25, -0.2) is 4.79 Å². The minimum atomic E-state index is -3.56. The molecule has 3 rings (SSSR count). The molecule has 36 heavy (non-hydrogen) atoms. The molecule has 0 aromatic heterocycles. The number of alkyl carbamates (subject to hydrolysis) is 1. The van der Waals surface area contributed by atoms with Gasteiger partial charge in [0.2, 0.25) is 5.91 Å². The Kier molecular flexibility index (Phi) is 9.82. The largest absolute Gasteiger partial charge is 0.445 e. The van der Waals surface area contributed by atoms with Gasteiger partial charge in [-0.2, -0.15) is 17.0 Å². The van der Waals surface area contributed by atoms with Gasteiger partial charge in [0.15, 0.2) is 0 Å². The second-order valence-corrected chi connectivity index (χ2v) is 10.8. The van der Waals surface area contributed by atoms with Gasteiger partial charge in [-0.15, -0.1) is 0 Å². The van der Waals surface area contributed by atoms with Gasteiger partial charge in [-0.3, -0.25) is 4.79 Å². The minimum absolute atomic E-state index is 0.0690. The zero-order chi connectivity index (χ0) is 26.1. The van der Waals surface area contributed by atoms with E-state index in [0.717, 1.165) is 11.1 Å². The van der Waals surface area contributed by atoms with E-state index in [1.807, 2.05) is 36.4 Å². The van der Waals surface area contributed by atoms with Crippen LogP contribution in [-0.2, 0) is 32.9 Å². The van der Waals surface area contributed by atoms with Gasteiger partial charge in [-0.05, 0) is 42.0 Å². The van der Waals surface area contributed by atoms with Crippen molar-refractivity contribution in [3.05, 3.63) is 65.7 Å². The molecule has 0 spiro atoms. The van der Waals surface area contributed by atoms with Crippen LogP contribution < -0.4 is 16.4 Å². The molecular weight excluding hydrogens is 482 g/mol. The van der Waals surface area contributed by atoms with Crippen molar-refractivity contribution in [2.75, 3.05) is 32.0 Å². The maximum absolute atomic E-state index is 13.3. The molecule has 1 aliphatic heterocycles. The van der Waals surface area contributed by atoms with Crippen molar-refractivity contribution in [3.63, 3.8) is 0 Å². The topological polar surface area (TPSA) is 134 Å². The van der Waals surface area contributed by atoms with Crippen LogP contribution in [0.3, 0.4) is 0 Å². The lowest BCUT2D eigenvalue weighted by Gasteiger charge is -2.36. The Morgan fingerprint density at radius 3 is 2.42 bits per heavy atom. The summed E-state index contributed by atoms with van der Waals surface area (Å²) in [5, 5.41) is 5.57. The number of nitrogens with one attached hydrogen (secondary N) is 2. The number of hydrogen-bond donors (Lipinski definition) is 3. The van der Waals surface area contributed by atoms with Crippen molar-refractivity contribution in [2.45, 2.75) is 39.0 Å². The summed E-state index contributed by atoms with van der Waals surface area (Å²) < 4.78 is 33.5. The molecule has 1 saturated heterocycles. The predicted octanol–water partition coefficient (Wildman–Crippen LogP) is 2.29. The van der Waals surface area contributed by atoms with E-state index in [4.69, 9.17) is 10.5 Å². The molecule has 2 aromatic carbocycles. The summed E-state index contributed by atoms with van der Waals surface area (Å²) in [5.41, 5.74) is 7.96. The van der Waals surface area contributed by atoms with E-state index < -0.39 is 28.3 Å². The lowest BCUT2D eigenvalue weighted by atomic mass is 9.89. The summed E-state index contributed by atoms with van der Waals surface area (Å²) in [6, 6.07) is 15.5. The fourth-order valence-corrected chi connectivity index (χ4v) is 5.48. The minimum Gasteiger partial charge on any atom is -0.445 e. The third-order valence-corrected chi connectivity index (χ3v) is 8.40. The van der Waals surface area contributed by atoms with E-state index >= 15 is 0 Å². The van der Waals surface area contributed by atoms with Crippen molar-refractivity contribution in [3.8, 4) is 0 Å². The van der Waals surface area contributed by atoms with Gasteiger partial charge in [0.1, 0.15) is 12.6 Å². The molecule has 1 fully saturated rings. The molecule has 0 radical (unpaired) electrons. The zero-order valence-electron chi connectivity index (χ0n) is 20.7. The number of piperidine rings is 1. The molecule has 1 heterocycles. The summed E-state index contributed by atoms with van der Waals surface area (Å²) in [6.45, 7) is 3.05. The van der Waals surface area contributed by atoms with Crippen LogP contribution in [0.25, 0.3) is 0 Å². The Labute approximate surface area is 213 Å². The monoisotopic (exact) mass is 517 g/mol. The van der Waals surface area contributed by atoms with Crippen LogP contribution in [0, 0.1) is 5.92 Å². The molecule has 0 saturated carbocycles. The van der Waals surface area contributed by atoms with Gasteiger partial charge in [0.25, 0.3) is 10.2 Å². The summed E-state index contributed by atoms with van der Waals surface area (Å²) in [5.74, 6) is -0.668. The molecule has 2 amide bonds. The molecule has 1 aliphatic rings. The normalized spacial score (nSPS) is 15.9. The third kappa shape index (κ3) is 7.26. The number of rotatable bonds is 10. The van der Waals surface area contributed by atoms with Crippen LogP contribution in [0.4, 0.5) is 10.5 Å². The van der Waals surface area contributed by atoms with Crippen molar-refractivity contribution in [2.24, 2.45) is 11.7 Å². The number of anilines is 1. The fourth-order valence-electron chi connectivity index (χ4n) is 4.09.